The van der Waals surface area contributed by atoms with E-state index in [-0.39, 0.29) is 11.9 Å². The van der Waals surface area contributed by atoms with Crippen LogP contribution < -0.4 is 0 Å². The third-order valence-electron chi connectivity index (χ3n) is 5.25. The van der Waals surface area contributed by atoms with Gasteiger partial charge in [0.05, 0.1) is 6.54 Å². The van der Waals surface area contributed by atoms with Gasteiger partial charge in [0.15, 0.2) is 0 Å². The zero-order valence-electron chi connectivity index (χ0n) is 17.2. The van der Waals surface area contributed by atoms with E-state index in [0.29, 0.717) is 34.2 Å². The van der Waals surface area contributed by atoms with Crippen LogP contribution in [0.25, 0.3) is 11.1 Å². The van der Waals surface area contributed by atoms with Gasteiger partial charge in [-0.25, -0.2) is 14.4 Å². The molecule has 7 heteroatoms. The van der Waals surface area contributed by atoms with Crippen molar-refractivity contribution in [1.82, 2.24) is 19.4 Å². The molecule has 0 atom stereocenters. The van der Waals surface area contributed by atoms with Gasteiger partial charge in [-0.2, -0.15) is 0 Å². The van der Waals surface area contributed by atoms with Gasteiger partial charge in [0, 0.05) is 47.3 Å². The number of hydrogen-bond donors (Lipinski definition) is 0. The lowest BCUT2D eigenvalue weighted by atomic mass is 9.99. The van der Waals surface area contributed by atoms with E-state index in [4.69, 9.17) is 11.6 Å². The van der Waals surface area contributed by atoms with Gasteiger partial charge in [-0.3, -0.25) is 4.79 Å². The maximum absolute atomic E-state index is 14.8. The Balaban J connectivity index is 2.27. The summed E-state index contributed by atoms with van der Waals surface area (Å²) < 4.78 is 16.7. The summed E-state index contributed by atoms with van der Waals surface area (Å²) in [4.78, 5) is 23.7. The zero-order chi connectivity index (χ0) is 21.3. The Hall–Kier alpha value is -2.73. The van der Waals surface area contributed by atoms with Crippen LogP contribution in [0.2, 0.25) is 5.02 Å². The number of nitrogens with zero attached hydrogens (tertiary/aromatic N) is 4. The molecular formula is C22H24ClFN4O. The first-order valence-corrected chi connectivity index (χ1v) is 9.78. The van der Waals surface area contributed by atoms with Gasteiger partial charge in [-0.1, -0.05) is 11.6 Å². The molecule has 0 N–H and O–H groups in total. The highest BCUT2D eigenvalue weighted by Crippen LogP contribution is 2.36. The van der Waals surface area contributed by atoms with Crippen LogP contribution in [0.5, 0.6) is 0 Å². The van der Waals surface area contributed by atoms with Crippen molar-refractivity contribution in [3.05, 3.63) is 70.3 Å². The molecule has 0 aliphatic heterocycles. The number of benzene rings is 1. The second kappa shape index (κ2) is 8.33. The number of aromatic nitrogens is 3. The summed E-state index contributed by atoms with van der Waals surface area (Å²) in [5, 5.41) is 0.310. The molecule has 2 heterocycles. The van der Waals surface area contributed by atoms with Crippen LogP contribution in [0.3, 0.4) is 0 Å². The third-order valence-corrected chi connectivity index (χ3v) is 5.48. The second-order valence-electron chi connectivity index (χ2n) is 7.32. The number of hydrogen-bond acceptors (Lipinski definition) is 3. The molecule has 0 spiro atoms. The van der Waals surface area contributed by atoms with Crippen LogP contribution in [-0.2, 0) is 6.54 Å². The predicted molar refractivity (Wildman–Crippen MR) is 113 cm³/mol. The van der Waals surface area contributed by atoms with Gasteiger partial charge in [0.2, 0.25) is 0 Å². The summed E-state index contributed by atoms with van der Waals surface area (Å²) in [5.41, 5.74) is 3.04. The van der Waals surface area contributed by atoms with Crippen LogP contribution in [0, 0.1) is 19.7 Å². The van der Waals surface area contributed by atoms with Crippen molar-refractivity contribution in [1.29, 1.82) is 0 Å². The van der Waals surface area contributed by atoms with E-state index in [9.17, 15) is 9.18 Å². The smallest absolute Gasteiger partial charge is 0.271 e. The third kappa shape index (κ3) is 4.03. The minimum atomic E-state index is -0.463. The summed E-state index contributed by atoms with van der Waals surface area (Å²) in [5.74, 6) is -0.0681. The van der Waals surface area contributed by atoms with Crippen molar-refractivity contribution < 1.29 is 9.18 Å². The quantitative estimate of drug-likeness (QED) is 0.597. The minimum Gasteiger partial charge on any atom is -0.338 e. The average molecular weight is 415 g/mol. The molecule has 0 fully saturated rings. The first kappa shape index (κ1) is 21.0. The molecule has 2 aromatic heterocycles. The Kier molecular flexibility index (Phi) is 6.03. The number of rotatable bonds is 5. The van der Waals surface area contributed by atoms with Crippen LogP contribution in [0.15, 0.2) is 36.7 Å². The Labute approximate surface area is 175 Å². The lowest BCUT2D eigenvalue weighted by molar-refractivity contribution is 0.0745. The topological polar surface area (TPSA) is 51.0 Å². The predicted octanol–water partition coefficient (Wildman–Crippen LogP) is 4.88. The van der Waals surface area contributed by atoms with Crippen LogP contribution in [-0.4, -0.2) is 38.4 Å². The van der Waals surface area contributed by atoms with E-state index >= 15 is 0 Å². The molecule has 5 nitrogen and oxygen atoms in total. The van der Waals surface area contributed by atoms with E-state index in [1.165, 1.54) is 6.07 Å². The molecule has 3 aromatic rings. The van der Waals surface area contributed by atoms with Crippen LogP contribution in [0.1, 0.15) is 41.4 Å². The molecule has 0 aliphatic carbocycles. The highest BCUT2D eigenvalue weighted by atomic mass is 35.5. The summed E-state index contributed by atoms with van der Waals surface area (Å²) in [6.45, 7) is 8.01. The lowest BCUT2D eigenvalue weighted by Gasteiger charge is -2.23. The van der Waals surface area contributed by atoms with Crippen molar-refractivity contribution in [3.63, 3.8) is 0 Å². The first-order valence-electron chi connectivity index (χ1n) is 9.40. The molecule has 0 saturated carbocycles. The lowest BCUT2D eigenvalue weighted by Crippen LogP contribution is -2.35. The molecule has 0 saturated heterocycles. The maximum atomic E-state index is 14.8. The van der Waals surface area contributed by atoms with E-state index < -0.39 is 5.82 Å². The molecule has 1 amide bonds. The van der Waals surface area contributed by atoms with Gasteiger partial charge in [0.1, 0.15) is 17.3 Å². The van der Waals surface area contributed by atoms with Crippen LogP contribution in [0.4, 0.5) is 4.39 Å². The largest absolute Gasteiger partial charge is 0.338 e. The monoisotopic (exact) mass is 414 g/mol. The maximum Gasteiger partial charge on any atom is 0.271 e. The Morgan fingerprint density at radius 1 is 1.24 bits per heavy atom. The molecule has 0 radical (unpaired) electrons. The number of halogens is 2. The summed E-state index contributed by atoms with van der Waals surface area (Å²) in [6.07, 6.45) is 3.32. The Morgan fingerprint density at radius 3 is 2.48 bits per heavy atom. The second-order valence-corrected chi connectivity index (χ2v) is 7.76. The zero-order valence-corrected chi connectivity index (χ0v) is 18.0. The highest BCUT2D eigenvalue weighted by molar-refractivity contribution is 6.30. The standard InChI is InChI=1S/C22H24ClFN4O/c1-13(2)27(5)22(29)21-20(17-8-7-16(23)11-18(17)24)14(3)15(4)28(21)12-19-25-9-6-10-26-19/h6-11,13H,12H2,1-5H3. The molecule has 3 rings (SSSR count). The summed E-state index contributed by atoms with van der Waals surface area (Å²) in [6, 6.07) is 6.25. The summed E-state index contributed by atoms with van der Waals surface area (Å²) >= 11 is 5.95. The van der Waals surface area contributed by atoms with Gasteiger partial charge >= 0.3 is 0 Å². The number of carbonyl (C=O) groups is 1. The number of amides is 1. The molecule has 1 aromatic carbocycles. The van der Waals surface area contributed by atoms with Gasteiger partial charge < -0.3 is 9.47 Å². The molecule has 0 aliphatic rings. The molecule has 0 bridgehead atoms. The molecule has 152 valence electrons. The fourth-order valence-electron chi connectivity index (χ4n) is 3.26. The van der Waals surface area contributed by atoms with E-state index in [0.717, 1.165) is 11.3 Å². The molecule has 0 unspecified atom stereocenters. The fraction of sp³-hybridized carbons (Fsp3) is 0.318. The van der Waals surface area contributed by atoms with Crippen molar-refractivity contribution in [2.45, 2.75) is 40.3 Å². The van der Waals surface area contributed by atoms with Crippen molar-refractivity contribution in [2.75, 3.05) is 7.05 Å². The Bertz CT molecular complexity index is 1050. The van der Waals surface area contributed by atoms with Gasteiger partial charge in [0.25, 0.3) is 5.91 Å². The van der Waals surface area contributed by atoms with Gasteiger partial charge in [-0.15, -0.1) is 0 Å². The van der Waals surface area contributed by atoms with Gasteiger partial charge in [-0.05, 0) is 57.5 Å². The van der Waals surface area contributed by atoms with E-state index in [1.807, 2.05) is 32.3 Å². The van der Waals surface area contributed by atoms with E-state index in [2.05, 4.69) is 9.97 Å². The first-order chi connectivity index (χ1) is 13.7. The normalized spacial score (nSPS) is 11.2. The molecule has 29 heavy (non-hydrogen) atoms. The SMILES string of the molecule is Cc1c(-c2ccc(Cl)cc2F)c(C(=O)N(C)C(C)C)n(Cc2ncccn2)c1C. The van der Waals surface area contributed by atoms with Crippen molar-refractivity contribution >= 4 is 17.5 Å². The fourth-order valence-corrected chi connectivity index (χ4v) is 3.42. The Morgan fingerprint density at radius 2 is 1.90 bits per heavy atom. The van der Waals surface area contributed by atoms with Crippen molar-refractivity contribution in [3.8, 4) is 11.1 Å². The van der Waals surface area contributed by atoms with Crippen LogP contribution >= 0.6 is 11.6 Å². The van der Waals surface area contributed by atoms with Crippen molar-refractivity contribution in [2.24, 2.45) is 0 Å². The average Bonchev–Trinajstić information content (AvgIpc) is 2.92. The van der Waals surface area contributed by atoms with E-state index in [1.54, 1.807) is 42.5 Å². The molecular weight excluding hydrogens is 391 g/mol. The highest BCUT2D eigenvalue weighted by Gasteiger charge is 2.29. The number of carbonyl (C=O) groups excluding carboxylic acids is 1. The minimum absolute atomic E-state index is 0.0117. The summed E-state index contributed by atoms with van der Waals surface area (Å²) in [7, 11) is 1.75.